The summed E-state index contributed by atoms with van der Waals surface area (Å²) >= 11 is 0. The van der Waals surface area contributed by atoms with Gasteiger partial charge in [-0.15, -0.1) is 0 Å². The molecule has 22 heavy (non-hydrogen) atoms. The van der Waals surface area contributed by atoms with Gasteiger partial charge in [0.2, 0.25) is 0 Å². The number of benzene rings is 1. The number of amides is 1. The van der Waals surface area contributed by atoms with E-state index in [0.29, 0.717) is 36.3 Å². The fourth-order valence-corrected chi connectivity index (χ4v) is 3.13. The monoisotopic (exact) mass is 305 g/mol. The molecule has 1 aliphatic carbocycles. The molecule has 4 heteroatoms. The Morgan fingerprint density at radius 3 is 2.32 bits per heavy atom. The maximum absolute atomic E-state index is 12.8. The third-order valence-electron chi connectivity index (χ3n) is 4.16. The van der Waals surface area contributed by atoms with Crippen LogP contribution in [-0.4, -0.2) is 36.6 Å². The average Bonchev–Trinajstić information content (AvgIpc) is 3.04. The van der Waals surface area contributed by atoms with Gasteiger partial charge in [-0.25, -0.2) is 0 Å². The molecule has 2 rings (SSSR count). The van der Waals surface area contributed by atoms with Crippen molar-refractivity contribution in [2.24, 2.45) is 0 Å². The Labute approximate surface area is 133 Å². The SMILES string of the molecule is CCOc1ccc(C(=O)N(CC)C2CCCC2)cc1OCC. The molecule has 0 spiro atoms. The molecule has 0 aromatic heterocycles. The molecule has 0 aliphatic heterocycles. The molecular weight excluding hydrogens is 278 g/mol. The standard InChI is InChI=1S/C18H27NO3/c1-4-19(15-9-7-8-10-15)18(20)14-11-12-16(21-5-2)17(13-14)22-6-3/h11-13,15H,4-10H2,1-3H3. The molecule has 1 aromatic rings. The Morgan fingerprint density at radius 1 is 1.09 bits per heavy atom. The third kappa shape index (κ3) is 3.73. The van der Waals surface area contributed by atoms with Gasteiger partial charge in [0.15, 0.2) is 11.5 Å². The van der Waals surface area contributed by atoms with Gasteiger partial charge in [-0.3, -0.25) is 4.79 Å². The number of nitrogens with zero attached hydrogens (tertiary/aromatic N) is 1. The molecule has 122 valence electrons. The van der Waals surface area contributed by atoms with Gasteiger partial charge >= 0.3 is 0 Å². The summed E-state index contributed by atoms with van der Waals surface area (Å²) in [5.41, 5.74) is 0.681. The van der Waals surface area contributed by atoms with E-state index in [9.17, 15) is 4.79 Å². The number of carbonyl (C=O) groups is 1. The predicted molar refractivity (Wildman–Crippen MR) is 87.7 cm³/mol. The second-order valence-corrected chi connectivity index (χ2v) is 5.56. The molecule has 0 saturated heterocycles. The first-order chi connectivity index (χ1) is 10.7. The average molecular weight is 305 g/mol. The summed E-state index contributed by atoms with van der Waals surface area (Å²) in [6, 6.07) is 5.88. The highest BCUT2D eigenvalue weighted by atomic mass is 16.5. The van der Waals surface area contributed by atoms with Gasteiger partial charge in [-0.2, -0.15) is 0 Å². The second kappa shape index (κ2) is 8.06. The van der Waals surface area contributed by atoms with E-state index in [2.05, 4.69) is 0 Å². The van der Waals surface area contributed by atoms with Crippen molar-refractivity contribution in [3.63, 3.8) is 0 Å². The summed E-state index contributed by atoms with van der Waals surface area (Å²) in [6.45, 7) is 7.80. The van der Waals surface area contributed by atoms with Crippen molar-refractivity contribution in [2.75, 3.05) is 19.8 Å². The maximum Gasteiger partial charge on any atom is 0.254 e. The number of hydrogen-bond donors (Lipinski definition) is 0. The van der Waals surface area contributed by atoms with Gasteiger partial charge in [-0.1, -0.05) is 12.8 Å². The van der Waals surface area contributed by atoms with Crippen LogP contribution >= 0.6 is 0 Å². The van der Waals surface area contributed by atoms with E-state index >= 15 is 0 Å². The van der Waals surface area contributed by atoms with E-state index in [1.165, 1.54) is 12.8 Å². The molecule has 1 aliphatic rings. The Hall–Kier alpha value is -1.71. The van der Waals surface area contributed by atoms with E-state index < -0.39 is 0 Å². The third-order valence-corrected chi connectivity index (χ3v) is 4.16. The van der Waals surface area contributed by atoms with Crippen LogP contribution in [0.3, 0.4) is 0 Å². The van der Waals surface area contributed by atoms with Crippen molar-refractivity contribution in [3.8, 4) is 11.5 Å². The van der Waals surface area contributed by atoms with E-state index in [4.69, 9.17) is 9.47 Å². The van der Waals surface area contributed by atoms with Crippen molar-refractivity contribution in [2.45, 2.75) is 52.5 Å². The minimum absolute atomic E-state index is 0.0957. The molecule has 1 aromatic carbocycles. The fourth-order valence-electron chi connectivity index (χ4n) is 3.13. The first-order valence-corrected chi connectivity index (χ1v) is 8.41. The van der Waals surface area contributed by atoms with Crippen LogP contribution in [0.4, 0.5) is 0 Å². The van der Waals surface area contributed by atoms with Gasteiger partial charge in [0.05, 0.1) is 13.2 Å². The minimum Gasteiger partial charge on any atom is -0.490 e. The lowest BCUT2D eigenvalue weighted by molar-refractivity contribution is 0.0693. The van der Waals surface area contributed by atoms with Crippen molar-refractivity contribution < 1.29 is 14.3 Å². The second-order valence-electron chi connectivity index (χ2n) is 5.56. The highest BCUT2D eigenvalue weighted by molar-refractivity contribution is 5.95. The van der Waals surface area contributed by atoms with Crippen LogP contribution in [-0.2, 0) is 0 Å². The molecule has 1 saturated carbocycles. The van der Waals surface area contributed by atoms with Crippen molar-refractivity contribution in [1.82, 2.24) is 4.90 Å². The smallest absolute Gasteiger partial charge is 0.254 e. The van der Waals surface area contributed by atoms with Gasteiger partial charge in [-0.05, 0) is 51.8 Å². The normalized spacial score (nSPS) is 14.9. The van der Waals surface area contributed by atoms with Crippen LogP contribution in [0.15, 0.2) is 18.2 Å². The zero-order valence-corrected chi connectivity index (χ0v) is 13.9. The summed E-state index contributed by atoms with van der Waals surface area (Å²) in [6.07, 6.45) is 4.69. The van der Waals surface area contributed by atoms with Gasteiger partial charge in [0.1, 0.15) is 0 Å². The molecule has 0 atom stereocenters. The van der Waals surface area contributed by atoms with E-state index in [1.54, 1.807) is 0 Å². The summed E-state index contributed by atoms with van der Waals surface area (Å²) in [5.74, 6) is 1.45. The van der Waals surface area contributed by atoms with E-state index in [0.717, 1.165) is 19.4 Å². The fraction of sp³-hybridized carbons (Fsp3) is 0.611. The summed E-state index contributed by atoms with van der Waals surface area (Å²) in [4.78, 5) is 14.8. The topological polar surface area (TPSA) is 38.8 Å². The number of hydrogen-bond acceptors (Lipinski definition) is 3. The highest BCUT2D eigenvalue weighted by Crippen LogP contribution is 2.30. The lowest BCUT2D eigenvalue weighted by Crippen LogP contribution is -2.38. The maximum atomic E-state index is 12.8. The minimum atomic E-state index is 0.0957. The first kappa shape index (κ1) is 16.7. The molecule has 4 nitrogen and oxygen atoms in total. The predicted octanol–water partition coefficient (Wildman–Crippen LogP) is 3.89. The first-order valence-electron chi connectivity index (χ1n) is 8.41. The van der Waals surface area contributed by atoms with Crippen LogP contribution in [0.5, 0.6) is 11.5 Å². The van der Waals surface area contributed by atoms with Crippen molar-refractivity contribution in [3.05, 3.63) is 23.8 Å². The number of ether oxygens (including phenoxy) is 2. The summed E-state index contributed by atoms with van der Waals surface area (Å²) < 4.78 is 11.2. The summed E-state index contributed by atoms with van der Waals surface area (Å²) in [5, 5.41) is 0. The van der Waals surface area contributed by atoms with Crippen LogP contribution in [0.2, 0.25) is 0 Å². The van der Waals surface area contributed by atoms with E-state index in [1.807, 2.05) is 43.9 Å². The van der Waals surface area contributed by atoms with Gasteiger partial charge < -0.3 is 14.4 Å². The largest absolute Gasteiger partial charge is 0.490 e. The van der Waals surface area contributed by atoms with Crippen molar-refractivity contribution in [1.29, 1.82) is 0 Å². The number of carbonyl (C=O) groups excluding carboxylic acids is 1. The molecule has 0 unspecified atom stereocenters. The summed E-state index contributed by atoms with van der Waals surface area (Å²) in [7, 11) is 0. The highest BCUT2D eigenvalue weighted by Gasteiger charge is 2.26. The molecule has 0 N–H and O–H groups in total. The van der Waals surface area contributed by atoms with E-state index in [-0.39, 0.29) is 5.91 Å². The van der Waals surface area contributed by atoms with Gasteiger partial charge in [0.25, 0.3) is 5.91 Å². The van der Waals surface area contributed by atoms with Crippen LogP contribution in [0.25, 0.3) is 0 Å². The molecular formula is C18H27NO3. The number of rotatable bonds is 7. The molecule has 0 radical (unpaired) electrons. The Morgan fingerprint density at radius 2 is 1.73 bits per heavy atom. The zero-order chi connectivity index (χ0) is 15.9. The lowest BCUT2D eigenvalue weighted by atomic mass is 10.1. The lowest BCUT2D eigenvalue weighted by Gasteiger charge is -2.28. The Bertz CT molecular complexity index is 495. The van der Waals surface area contributed by atoms with Gasteiger partial charge in [0, 0.05) is 18.2 Å². The van der Waals surface area contributed by atoms with Crippen LogP contribution in [0, 0.1) is 0 Å². The zero-order valence-electron chi connectivity index (χ0n) is 13.9. The molecule has 1 amide bonds. The Kier molecular flexibility index (Phi) is 6.10. The van der Waals surface area contributed by atoms with Crippen LogP contribution < -0.4 is 9.47 Å². The molecule has 1 fully saturated rings. The molecule has 0 heterocycles. The molecule has 0 bridgehead atoms. The van der Waals surface area contributed by atoms with Crippen LogP contribution in [0.1, 0.15) is 56.8 Å². The van der Waals surface area contributed by atoms with Crippen molar-refractivity contribution >= 4 is 5.91 Å². The Balaban J connectivity index is 2.22. The quantitative estimate of drug-likeness (QED) is 0.767.